The summed E-state index contributed by atoms with van der Waals surface area (Å²) in [5.41, 5.74) is 0.116. The molecule has 0 aliphatic rings. The third kappa shape index (κ3) is 6.40. The maximum atomic E-state index is 12.3. The average molecular weight is 369 g/mol. The largest absolute Gasteiger partial charge is 0.396 e. The predicted octanol–water partition coefficient (Wildman–Crippen LogP) is 2.59. The molecule has 3 N–H and O–H groups in total. The second-order valence-corrected chi connectivity index (χ2v) is 5.29. The number of carbonyl (C=O) groups is 1. The van der Waals surface area contributed by atoms with E-state index in [1.807, 2.05) is 0 Å². The molecule has 0 fully saturated rings. The smallest absolute Gasteiger partial charge is 0.389 e. The minimum Gasteiger partial charge on any atom is -0.396 e. The molecule has 0 saturated carbocycles. The van der Waals surface area contributed by atoms with Crippen molar-refractivity contribution < 1.29 is 23.1 Å². The zero-order valence-electron chi connectivity index (χ0n) is 13.0. The first-order valence-electron chi connectivity index (χ1n) is 7.36. The third-order valence-corrected chi connectivity index (χ3v) is 3.29. The van der Waals surface area contributed by atoms with Crippen molar-refractivity contribution >= 4 is 23.3 Å². The van der Waals surface area contributed by atoms with Crippen LogP contribution in [0.25, 0.3) is 0 Å². The molecule has 10 heteroatoms. The Morgan fingerprint density at radius 1 is 1.38 bits per heavy atom. The van der Waals surface area contributed by atoms with Crippen molar-refractivity contribution in [3.63, 3.8) is 0 Å². The molecule has 1 rings (SSSR count). The van der Waals surface area contributed by atoms with E-state index in [0.29, 0.717) is 6.42 Å². The number of aliphatic hydroxyl groups is 1. The van der Waals surface area contributed by atoms with Crippen LogP contribution in [0.1, 0.15) is 29.8 Å². The van der Waals surface area contributed by atoms with Gasteiger partial charge in [0, 0.05) is 32.7 Å². The molecule has 0 spiro atoms. The van der Waals surface area contributed by atoms with Crippen LogP contribution in [-0.4, -0.2) is 46.4 Å². The van der Waals surface area contributed by atoms with Gasteiger partial charge in [-0.1, -0.05) is 6.08 Å². The summed E-state index contributed by atoms with van der Waals surface area (Å²) in [4.78, 5) is 16.3. The number of nitrogens with one attached hydrogen (secondary N) is 2. The van der Waals surface area contributed by atoms with Crippen molar-refractivity contribution in [3.05, 3.63) is 23.6 Å². The Labute approximate surface area is 142 Å². The number of imidazole rings is 1. The van der Waals surface area contributed by atoms with E-state index in [9.17, 15) is 18.0 Å². The number of aromatic nitrogens is 2. The molecule has 24 heavy (non-hydrogen) atoms. The summed E-state index contributed by atoms with van der Waals surface area (Å²) in [6.45, 7) is 3.96. The van der Waals surface area contributed by atoms with Crippen molar-refractivity contribution in [1.29, 1.82) is 0 Å². The number of allylic oxidation sites excluding steroid dienone is 1. The number of hydrogen-bond donors (Lipinski definition) is 3. The van der Waals surface area contributed by atoms with Gasteiger partial charge in [-0.15, -0.1) is 6.58 Å². The molecule has 0 saturated heterocycles. The fraction of sp³-hybridized carbons (Fsp3) is 0.571. The van der Waals surface area contributed by atoms with E-state index in [2.05, 4.69) is 22.2 Å². The van der Waals surface area contributed by atoms with E-state index >= 15 is 0 Å². The number of alkyl halides is 3. The highest BCUT2D eigenvalue weighted by Crippen LogP contribution is 2.23. The van der Waals surface area contributed by atoms with Gasteiger partial charge in [0.15, 0.2) is 11.5 Å². The van der Waals surface area contributed by atoms with Crippen LogP contribution >= 0.6 is 11.6 Å². The van der Waals surface area contributed by atoms with Crippen LogP contribution in [-0.2, 0) is 6.54 Å². The minimum absolute atomic E-state index is 0.00212. The molecule has 0 unspecified atom stereocenters. The lowest BCUT2D eigenvalue weighted by Crippen LogP contribution is -2.28. The van der Waals surface area contributed by atoms with Crippen molar-refractivity contribution in [2.75, 3.05) is 25.0 Å². The fourth-order valence-electron chi connectivity index (χ4n) is 1.94. The van der Waals surface area contributed by atoms with Gasteiger partial charge in [-0.25, -0.2) is 0 Å². The van der Waals surface area contributed by atoms with Gasteiger partial charge in [-0.3, -0.25) is 4.79 Å². The van der Waals surface area contributed by atoms with Crippen LogP contribution in [0.5, 0.6) is 0 Å². The average Bonchev–Trinajstić information content (AvgIpc) is 2.80. The van der Waals surface area contributed by atoms with Crippen molar-refractivity contribution in [2.24, 2.45) is 0 Å². The lowest BCUT2D eigenvalue weighted by molar-refractivity contribution is -0.134. The Morgan fingerprint density at radius 3 is 2.67 bits per heavy atom. The zero-order valence-corrected chi connectivity index (χ0v) is 13.8. The topological polar surface area (TPSA) is 79.2 Å². The Morgan fingerprint density at radius 2 is 2.08 bits per heavy atom. The van der Waals surface area contributed by atoms with E-state index in [0.717, 1.165) is 0 Å². The zero-order chi connectivity index (χ0) is 18.2. The third-order valence-electron chi connectivity index (χ3n) is 3.00. The van der Waals surface area contributed by atoms with Gasteiger partial charge >= 0.3 is 6.18 Å². The summed E-state index contributed by atoms with van der Waals surface area (Å²) in [6.07, 6.45) is -3.42. The number of rotatable bonds is 10. The van der Waals surface area contributed by atoms with Crippen molar-refractivity contribution in [3.8, 4) is 0 Å². The Kier molecular flexibility index (Phi) is 8.06. The first kappa shape index (κ1) is 20.3. The number of halogens is 4. The molecular formula is C14H20ClF3N4O2. The van der Waals surface area contributed by atoms with E-state index in [1.165, 1.54) is 10.6 Å². The number of amides is 1. The second kappa shape index (κ2) is 9.53. The van der Waals surface area contributed by atoms with Crippen LogP contribution in [0.15, 0.2) is 12.7 Å². The van der Waals surface area contributed by atoms with Crippen LogP contribution in [0.2, 0.25) is 5.28 Å². The number of nitrogens with zero attached hydrogens (tertiary/aromatic N) is 2. The molecule has 1 aromatic rings. The predicted molar refractivity (Wildman–Crippen MR) is 85.2 cm³/mol. The highest BCUT2D eigenvalue weighted by molar-refractivity contribution is 6.29. The van der Waals surface area contributed by atoms with Gasteiger partial charge in [0.05, 0.1) is 0 Å². The van der Waals surface area contributed by atoms with Gasteiger partial charge in [-0.05, 0) is 24.4 Å². The van der Waals surface area contributed by atoms with Crippen LogP contribution < -0.4 is 10.6 Å². The quantitative estimate of drug-likeness (QED) is 0.438. The number of hydrogen-bond acceptors (Lipinski definition) is 4. The summed E-state index contributed by atoms with van der Waals surface area (Å²) in [5, 5.41) is 14.1. The lowest BCUT2D eigenvalue weighted by Gasteiger charge is -2.11. The molecule has 0 aliphatic carbocycles. The summed E-state index contributed by atoms with van der Waals surface area (Å²) < 4.78 is 37.9. The molecule has 136 valence electrons. The first-order chi connectivity index (χ1) is 11.3. The lowest BCUT2D eigenvalue weighted by atomic mass is 10.3. The molecule has 1 heterocycles. The molecule has 6 nitrogen and oxygen atoms in total. The maximum Gasteiger partial charge on any atom is 0.389 e. The van der Waals surface area contributed by atoms with E-state index < -0.39 is 18.5 Å². The summed E-state index contributed by atoms with van der Waals surface area (Å²) in [6, 6.07) is 0. The van der Waals surface area contributed by atoms with Crippen molar-refractivity contribution in [2.45, 2.75) is 32.0 Å². The number of carbonyl (C=O) groups excluding carboxylic acids is 1. The molecule has 1 amide bonds. The molecular weight excluding hydrogens is 349 g/mol. The molecule has 0 bridgehead atoms. The molecule has 0 aliphatic heterocycles. The molecule has 0 aromatic carbocycles. The van der Waals surface area contributed by atoms with Gasteiger partial charge in [0.2, 0.25) is 5.28 Å². The maximum absolute atomic E-state index is 12.3. The highest BCUT2D eigenvalue weighted by atomic mass is 35.5. The summed E-state index contributed by atoms with van der Waals surface area (Å²) in [5.74, 6) is -0.367. The van der Waals surface area contributed by atoms with Crippen molar-refractivity contribution in [1.82, 2.24) is 14.9 Å². The van der Waals surface area contributed by atoms with Gasteiger partial charge in [0.1, 0.15) is 0 Å². The molecule has 0 radical (unpaired) electrons. The van der Waals surface area contributed by atoms with Gasteiger partial charge < -0.3 is 20.3 Å². The number of anilines is 1. The standard InChI is InChI=1S/C14H20ClF3N4O2/c1-2-8-22-10(12(24)20-7-4-9-23)11(21-13(22)15)19-6-3-5-14(16,17)18/h2,19,23H,1,3-9H2,(H,20,24). The molecule has 1 aromatic heterocycles. The Hall–Kier alpha value is -1.74. The Bertz CT molecular complexity index is 561. The van der Waals surface area contributed by atoms with Crippen LogP contribution in [0.3, 0.4) is 0 Å². The second-order valence-electron chi connectivity index (χ2n) is 4.96. The highest BCUT2D eigenvalue weighted by Gasteiger charge is 2.26. The summed E-state index contributed by atoms with van der Waals surface area (Å²) in [7, 11) is 0. The Balaban J connectivity index is 2.84. The van der Waals surface area contributed by atoms with Crippen LogP contribution in [0.4, 0.5) is 19.0 Å². The van der Waals surface area contributed by atoms with Gasteiger partial charge in [-0.2, -0.15) is 18.2 Å². The number of aliphatic hydroxyl groups excluding tert-OH is 1. The minimum atomic E-state index is -4.23. The van der Waals surface area contributed by atoms with Crippen LogP contribution in [0, 0.1) is 0 Å². The molecule has 0 atom stereocenters. The van der Waals surface area contributed by atoms with Gasteiger partial charge in [0.25, 0.3) is 5.91 Å². The van der Waals surface area contributed by atoms with E-state index in [-0.39, 0.29) is 49.5 Å². The van der Waals surface area contributed by atoms with E-state index in [4.69, 9.17) is 16.7 Å². The SMILES string of the molecule is C=CCn1c(Cl)nc(NCCCC(F)(F)F)c1C(=O)NCCCO. The first-order valence-corrected chi connectivity index (χ1v) is 7.74. The monoisotopic (exact) mass is 368 g/mol. The normalized spacial score (nSPS) is 11.4. The fourth-order valence-corrected chi connectivity index (χ4v) is 2.17. The summed E-state index contributed by atoms with van der Waals surface area (Å²) >= 11 is 5.98. The van der Waals surface area contributed by atoms with E-state index in [1.54, 1.807) is 0 Å².